The van der Waals surface area contributed by atoms with Gasteiger partial charge in [-0.15, -0.1) is 0 Å². The van der Waals surface area contributed by atoms with Crippen LogP contribution in [0.15, 0.2) is 24.3 Å². The Morgan fingerprint density at radius 3 is 2.74 bits per heavy atom. The first-order valence-electron chi connectivity index (χ1n) is 7.37. The zero-order chi connectivity index (χ0) is 13.1. The van der Waals surface area contributed by atoms with E-state index < -0.39 is 0 Å². The summed E-state index contributed by atoms with van der Waals surface area (Å²) in [7, 11) is 0. The molecule has 2 aliphatic heterocycles. The van der Waals surface area contributed by atoms with Gasteiger partial charge < -0.3 is 9.64 Å². The van der Waals surface area contributed by atoms with Crippen LogP contribution in [0.1, 0.15) is 30.7 Å². The maximum Gasteiger partial charge on any atom is 0.122 e. The van der Waals surface area contributed by atoms with Gasteiger partial charge in [-0.2, -0.15) is 0 Å². The summed E-state index contributed by atoms with van der Waals surface area (Å²) in [5, 5.41) is 1.17. The highest BCUT2D eigenvalue weighted by Crippen LogP contribution is 2.34. The lowest BCUT2D eigenvalue weighted by Gasteiger charge is -2.35. The maximum atomic E-state index is 5.75. The van der Waals surface area contributed by atoms with Gasteiger partial charge in [0.2, 0.25) is 0 Å². The number of alkyl halides is 1. The number of halogens is 1. The highest BCUT2D eigenvalue weighted by Gasteiger charge is 2.25. The number of likely N-dealkylation sites (tertiary alicyclic amines) is 1. The van der Waals surface area contributed by atoms with E-state index in [0.29, 0.717) is 5.92 Å². The molecule has 0 aliphatic carbocycles. The molecule has 2 nitrogen and oxygen atoms in total. The average molecular weight is 324 g/mol. The van der Waals surface area contributed by atoms with E-state index in [9.17, 15) is 0 Å². The van der Waals surface area contributed by atoms with Crippen LogP contribution in [0.25, 0.3) is 0 Å². The quantitative estimate of drug-likeness (QED) is 0.787. The van der Waals surface area contributed by atoms with Crippen LogP contribution in [-0.4, -0.2) is 36.5 Å². The molecular formula is C16H22BrNO. The Bertz CT molecular complexity index is 415. The van der Waals surface area contributed by atoms with Crippen molar-refractivity contribution < 1.29 is 4.74 Å². The van der Waals surface area contributed by atoms with Gasteiger partial charge in [0.05, 0.1) is 6.61 Å². The molecule has 1 fully saturated rings. The van der Waals surface area contributed by atoms with E-state index in [1.165, 1.54) is 43.4 Å². The SMILES string of the molecule is BrCC1CCN(CC2CCOc3ccccc32)CC1. The predicted molar refractivity (Wildman–Crippen MR) is 82.3 cm³/mol. The number of hydrogen-bond donors (Lipinski definition) is 0. The number of hydrogen-bond acceptors (Lipinski definition) is 2. The van der Waals surface area contributed by atoms with Gasteiger partial charge in [0, 0.05) is 17.8 Å². The number of para-hydroxylation sites is 1. The van der Waals surface area contributed by atoms with Crippen LogP contribution in [0.3, 0.4) is 0 Å². The first-order valence-corrected chi connectivity index (χ1v) is 8.49. The van der Waals surface area contributed by atoms with E-state index in [0.717, 1.165) is 24.7 Å². The second kappa shape index (κ2) is 6.27. The van der Waals surface area contributed by atoms with Crippen molar-refractivity contribution in [1.82, 2.24) is 4.90 Å². The lowest BCUT2D eigenvalue weighted by Crippen LogP contribution is -2.37. The van der Waals surface area contributed by atoms with E-state index in [2.05, 4.69) is 45.1 Å². The zero-order valence-corrected chi connectivity index (χ0v) is 12.9. The lowest BCUT2D eigenvalue weighted by molar-refractivity contribution is 0.167. The van der Waals surface area contributed by atoms with Crippen molar-refractivity contribution in [1.29, 1.82) is 0 Å². The highest BCUT2D eigenvalue weighted by molar-refractivity contribution is 9.09. The van der Waals surface area contributed by atoms with Crippen molar-refractivity contribution >= 4 is 15.9 Å². The van der Waals surface area contributed by atoms with E-state index in [1.807, 2.05) is 0 Å². The Hall–Kier alpha value is -0.540. The minimum Gasteiger partial charge on any atom is -0.493 e. The summed E-state index contributed by atoms with van der Waals surface area (Å²) in [5.41, 5.74) is 1.41. The summed E-state index contributed by atoms with van der Waals surface area (Å²) in [4.78, 5) is 2.64. The topological polar surface area (TPSA) is 12.5 Å². The Balaban J connectivity index is 1.62. The van der Waals surface area contributed by atoms with Crippen LogP contribution < -0.4 is 4.74 Å². The first-order chi connectivity index (χ1) is 9.36. The molecule has 1 saturated heterocycles. The molecule has 2 heterocycles. The Morgan fingerprint density at radius 1 is 1.16 bits per heavy atom. The molecule has 0 saturated carbocycles. The van der Waals surface area contributed by atoms with Gasteiger partial charge in [-0.3, -0.25) is 0 Å². The Labute approximate surface area is 124 Å². The molecule has 0 amide bonds. The van der Waals surface area contributed by atoms with Crippen molar-refractivity contribution in [2.75, 3.05) is 31.6 Å². The molecule has 0 bridgehead atoms. The second-order valence-corrected chi connectivity index (χ2v) is 6.42. The molecule has 1 atom stereocenters. The third-order valence-electron chi connectivity index (χ3n) is 4.49. The van der Waals surface area contributed by atoms with Gasteiger partial charge in [0.1, 0.15) is 5.75 Å². The van der Waals surface area contributed by atoms with Gasteiger partial charge >= 0.3 is 0 Å². The first kappa shape index (κ1) is 13.4. The van der Waals surface area contributed by atoms with Crippen molar-refractivity contribution in [2.45, 2.75) is 25.2 Å². The summed E-state index contributed by atoms with van der Waals surface area (Å²) < 4.78 is 5.75. The molecule has 0 spiro atoms. The number of benzene rings is 1. The summed E-state index contributed by atoms with van der Waals surface area (Å²) in [5.74, 6) is 2.65. The van der Waals surface area contributed by atoms with Crippen LogP contribution in [0.2, 0.25) is 0 Å². The highest BCUT2D eigenvalue weighted by atomic mass is 79.9. The molecule has 1 unspecified atom stereocenters. The third kappa shape index (κ3) is 3.14. The fraction of sp³-hybridized carbons (Fsp3) is 0.625. The van der Waals surface area contributed by atoms with Gasteiger partial charge in [-0.25, -0.2) is 0 Å². The number of fused-ring (bicyclic) bond motifs is 1. The minimum absolute atomic E-state index is 0.658. The molecular weight excluding hydrogens is 302 g/mol. The van der Waals surface area contributed by atoms with E-state index in [-0.39, 0.29) is 0 Å². The van der Waals surface area contributed by atoms with Gasteiger partial charge in [0.25, 0.3) is 0 Å². The van der Waals surface area contributed by atoms with Gasteiger partial charge in [-0.05, 0) is 49.9 Å². The Kier molecular flexibility index (Phi) is 4.44. The molecule has 0 radical (unpaired) electrons. The minimum atomic E-state index is 0.658. The number of nitrogens with zero attached hydrogens (tertiary/aromatic N) is 1. The smallest absolute Gasteiger partial charge is 0.122 e. The van der Waals surface area contributed by atoms with Gasteiger partial charge in [-0.1, -0.05) is 34.1 Å². The molecule has 2 aliphatic rings. The number of ether oxygens (including phenoxy) is 1. The van der Waals surface area contributed by atoms with Crippen LogP contribution in [0.4, 0.5) is 0 Å². The fourth-order valence-corrected chi connectivity index (χ4v) is 3.89. The maximum absolute atomic E-state index is 5.75. The van der Waals surface area contributed by atoms with Crippen LogP contribution in [0, 0.1) is 5.92 Å². The van der Waals surface area contributed by atoms with Crippen LogP contribution in [0.5, 0.6) is 5.75 Å². The predicted octanol–water partition coefficient (Wildman–Crippen LogP) is 3.66. The molecule has 104 valence electrons. The fourth-order valence-electron chi connectivity index (χ4n) is 3.24. The molecule has 19 heavy (non-hydrogen) atoms. The van der Waals surface area contributed by atoms with Crippen molar-refractivity contribution in [2.24, 2.45) is 5.92 Å². The normalized spacial score (nSPS) is 24.8. The van der Waals surface area contributed by atoms with E-state index in [4.69, 9.17) is 4.74 Å². The molecule has 3 heteroatoms. The molecule has 0 N–H and O–H groups in total. The summed E-state index contributed by atoms with van der Waals surface area (Å²) in [6, 6.07) is 8.56. The van der Waals surface area contributed by atoms with Crippen molar-refractivity contribution in [3.63, 3.8) is 0 Å². The van der Waals surface area contributed by atoms with Crippen LogP contribution in [-0.2, 0) is 0 Å². The molecule has 3 rings (SSSR count). The molecule has 1 aromatic rings. The largest absolute Gasteiger partial charge is 0.493 e. The number of rotatable bonds is 3. The monoisotopic (exact) mass is 323 g/mol. The summed E-state index contributed by atoms with van der Waals surface area (Å²) in [6.07, 6.45) is 3.85. The van der Waals surface area contributed by atoms with E-state index in [1.54, 1.807) is 0 Å². The zero-order valence-electron chi connectivity index (χ0n) is 11.4. The molecule has 1 aromatic carbocycles. The summed E-state index contributed by atoms with van der Waals surface area (Å²) in [6.45, 7) is 4.60. The average Bonchev–Trinajstić information content (AvgIpc) is 2.48. The third-order valence-corrected chi connectivity index (χ3v) is 5.40. The Morgan fingerprint density at radius 2 is 1.95 bits per heavy atom. The van der Waals surface area contributed by atoms with E-state index >= 15 is 0 Å². The number of piperidine rings is 1. The van der Waals surface area contributed by atoms with Crippen molar-refractivity contribution in [3.8, 4) is 5.75 Å². The standard InChI is InChI=1S/C16H22BrNO/c17-11-13-5-8-18(9-6-13)12-14-7-10-19-16-4-2-1-3-15(14)16/h1-4,13-14H,5-12H2. The second-order valence-electron chi connectivity index (χ2n) is 5.77. The lowest BCUT2D eigenvalue weighted by atomic mass is 9.91. The van der Waals surface area contributed by atoms with Crippen LogP contribution >= 0.6 is 15.9 Å². The summed E-state index contributed by atoms with van der Waals surface area (Å²) >= 11 is 3.62. The molecule has 0 aromatic heterocycles. The van der Waals surface area contributed by atoms with Crippen molar-refractivity contribution in [3.05, 3.63) is 29.8 Å². The van der Waals surface area contributed by atoms with Gasteiger partial charge in [0.15, 0.2) is 0 Å².